The molecule has 0 aromatic heterocycles. The van der Waals surface area contributed by atoms with Crippen molar-refractivity contribution in [3.63, 3.8) is 0 Å². The van der Waals surface area contributed by atoms with Gasteiger partial charge in [0, 0.05) is 27.4 Å². The molecule has 820 valence electrons. The second-order valence-corrected chi connectivity index (χ2v) is 57.4. The second kappa shape index (κ2) is 49.4. The highest BCUT2D eigenvalue weighted by atomic mass is 19.3. The molecule has 16 rings (SSSR count). The molecule has 3 N–H and O–H groups in total. The van der Waals surface area contributed by atoms with Crippen molar-refractivity contribution in [2.24, 2.45) is 233 Å². The zero-order chi connectivity index (χ0) is 110. The summed E-state index contributed by atoms with van der Waals surface area (Å²) >= 11 is 0. The Labute approximate surface area is 897 Å². The zero-order valence-corrected chi connectivity index (χ0v) is 101. The lowest BCUT2D eigenvalue weighted by molar-refractivity contribution is 0.0343. The average molecular weight is 2010 g/mol. The number of hydrogen-bond acceptors (Lipinski definition) is 3. The van der Waals surface area contributed by atoms with Crippen LogP contribution < -0.4 is 0 Å². The van der Waals surface area contributed by atoms with Crippen LogP contribution in [-0.2, 0) is 0 Å². The Morgan fingerprint density at radius 3 is 0.952 bits per heavy atom. The van der Waals surface area contributed by atoms with E-state index in [9.17, 15) is 17.6 Å². The topological polar surface area (TPSA) is 71.6 Å². The van der Waals surface area contributed by atoms with E-state index in [4.69, 9.17) is 16.2 Å². The summed E-state index contributed by atoms with van der Waals surface area (Å²) in [5, 5.41) is 23.6. The van der Waals surface area contributed by atoms with E-state index in [-0.39, 0.29) is 21.7 Å². The van der Waals surface area contributed by atoms with Crippen LogP contribution >= 0.6 is 0 Å². The monoisotopic (exact) mass is 2010 g/mol. The lowest BCUT2D eigenvalue weighted by atomic mass is 9.52. The zero-order valence-electron chi connectivity index (χ0n) is 101. The fourth-order valence-electron chi connectivity index (χ4n) is 35.0. The molecule has 16 aliphatic carbocycles. The van der Waals surface area contributed by atoms with Crippen LogP contribution in [0.5, 0.6) is 0 Å². The van der Waals surface area contributed by atoms with Crippen LogP contribution in [0.4, 0.5) is 17.6 Å². The number of hydrogen-bond donors (Lipinski definition) is 3. The molecule has 6 fully saturated rings. The third kappa shape index (κ3) is 27.1. The van der Waals surface area contributed by atoms with Gasteiger partial charge in [-0.3, -0.25) is 0 Å². The van der Waals surface area contributed by atoms with Crippen molar-refractivity contribution >= 4 is 17.1 Å². The molecule has 16 aliphatic rings. The number of fused-ring (bicyclic) bond motifs is 8. The van der Waals surface area contributed by atoms with Crippen molar-refractivity contribution in [3.05, 3.63) is 203 Å². The molecule has 0 aromatic rings. The molecule has 0 bridgehead atoms. The van der Waals surface area contributed by atoms with Crippen LogP contribution in [0.2, 0.25) is 0 Å². The van der Waals surface area contributed by atoms with E-state index in [0.717, 1.165) is 161 Å². The van der Waals surface area contributed by atoms with Gasteiger partial charge in [0.15, 0.2) is 0 Å². The van der Waals surface area contributed by atoms with Gasteiger partial charge in [-0.15, -0.1) is 0 Å². The molecule has 0 saturated heterocycles. The van der Waals surface area contributed by atoms with Crippen LogP contribution in [0, 0.1) is 249 Å². The number of allylic oxidation sites excluding steroid dienone is 31. The summed E-state index contributed by atoms with van der Waals surface area (Å²) in [5.74, 6) is 17.2. The maximum absolute atomic E-state index is 13.6. The number of alkyl halides is 4. The van der Waals surface area contributed by atoms with E-state index < -0.39 is 11.8 Å². The second-order valence-electron chi connectivity index (χ2n) is 57.4. The molecular formula is C139H221F4N3. The molecule has 0 spiro atoms. The van der Waals surface area contributed by atoms with E-state index in [1.165, 1.54) is 143 Å². The van der Waals surface area contributed by atoms with E-state index in [1.807, 2.05) is 24.3 Å². The van der Waals surface area contributed by atoms with Gasteiger partial charge in [-0.25, -0.2) is 0 Å². The summed E-state index contributed by atoms with van der Waals surface area (Å²) in [4.78, 5) is 0. The first kappa shape index (κ1) is 124. The third-order valence-electron chi connectivity index (χ3n) is 41.9. The molecule has 146 heavy (non-hydrogen) atoms. The highest BCUT2D eigenvalue weighted by Crippen LogP contribution is 2.65. The minimum Gasteiger partial charge on any atom is -0.305 e. The van der Waals surface area contributed by atoms with Crippen LogP contribution in [0.1, 0.15) is 405 Å². The minimum absolute atomic E-state index is 0.0996. The Balaban J connectivity index is 0.000000186. The Hall–Kier alpha value is -5.69. The summed E-state index contributed by atoms with van der Waals surface area (Å²) in [5.41, 5.74) is 19.2. The van der Waals surface area contributed by atoms with Gasteiger partial charge >= 0.3 is 0 Å². The van der Waals surface area contributed by atoms with Gasteiger partial charge in [0.2, 0.25) is 0 Å². The van der Waals surface area contributed by atoms with Gasteiger partial charge in [0.1, 0.15) is 0 Å². The Bertz CT molecular complexity index is 4810. The lowest BCUT2D eigenvalue weighted by Crippen LogP contribution is -2.45. The fraction of sp³-hybridized carbons (Fsp3) is 0.734. The largest absolute Gasteiger partial charge is 0.305 e. The van der Waals surface area contributed by atoms with Gasteiger partial charge in [-0.1, -0.05) is 414 Å². The highest BCUT2D eigenvalue weighted by Gasteiger charge is 2.57. The van der Waals surface area contributed by atoms with Crippen LogP contribution in [0.15, 0.2) is 203 Å². The fourth-order valence-corrected chi connectivity index (χ4v) is 35.0. The minimum atomic E-state index is -2.80. The van der Waals surface area contributed by atoms with Gasteiger partial charge < -0.3 is 16.2 Å². The number of rotatable bonds is 16. The molecular weight excluding hydrogens is 1790 g/mol. The lowest BCUT2D eigenvalue weighted by Gasteiger charge is -2.53. The number of halogens is 4. The summed E-state index contributed by atoms with van der Waals surface area (Å²) in [6.07, 6.45) is 63.5. The standard InChI is InChI=1S/3C18H30.C17H26F2.C17H24F2.C17H29N.C17H27N.C17H25N/c3*1-12(2)16-8-7-15-11-14(5)9-10-18(15,6)17(16)13(3)4;2*1-11(2)14-7-6-13-10-17(18,19)9-8-16(13,5)15(14)12(3)4;3*1-11(2)15-7-6-13-10-14(18)8-9-17(13,5)16(15)12(3)4/h11-13,16-17H,5,7-10H2,1-4,6H3;2*7,12-13,16-17H,5,8-11H2,1-4,6H3;8-12,14-15H,6-7H2,1-5H3;6-12,14-15H,1-5H3;10-12,15-16,18H,6-9H2,1-5H3;8-12,15-16,18H,6-7H2,1-5H3;6-12,15-16,18H,1-5H3/t3*16?,17?,18-;2*14?,15?,16-;3*15?,16?,17-/m00000000/s1. The molecule has 0 aliphatic heterocycles. The Morgan fingerprint density at radius 2 is 0.568 bits per heavy atom. The van der Waals surface area contributed by atoms with Crippen molar-refractivity contribution in [1.29, 1.82) is 16.2 Å². The summed E-state index contributed by atoms with van der Waals surface area (Å²) < 4.78 is 54.2. The van der Waals surface area contributed by atoms with Gasteiger partial charge in [0.25, 0.3) is 11.8 Å². The van der Waals surface area contributed by atoms with Crippen molar-refractivity contribution in [2.45, 2.75) is 417 Å². The molecule has 16 unspecified atom stereocenters. The molecule has 7 heteroatoms. The van der Waals surface area contributed by atoms with Crippen LogP contribution in [0.25, 0.3) is 0 Å². The quantitative estimate of drug-likeness (QED) is 0.102. The summed E-state index contributed by atoms with van der Waals surface area (Å²) in [6.45, 7) is 107. The van der Waals surface area contributed by atoms with E-state index in [0.29, 0.717) is 116 Å². The summed E-state index contributed by atoms with van der Waals surface area (Å²) in [7, 11) is 0. The smallest absolute Gasteiger partial charge is 0.285 e. The van der Waals surface area contributed by atoms with Crippen LogP contribution in [0.3, 0.4) is 0 Å². The predicted octanol–water partition coefficient (Wildman–Crippen LogP) is 42.1. The van der Waals surface area contributed by atoms with Crippen molar-refractivity contribution in [1.82, 2.24) is 0 Å². The molecule has 24 atom stereocenters. The Kier molecular flexibility index (Phi) is 41.9. The predicted molar refractivity (Wildman–Crippen MR) is 630 cm³/mol. The number of nitrogens with one attached hydrogen (secondary N) is 3. The first-order valence-corrected chi connectivity index (χ1v) is 59.9. The van der Waals surface area contributed by atoms with Gasteiger partial charge in [-0.2, -0.15) is 17.6 Å². The molecule has 0 heterocycles. The van der Waals surface area contributed by atoms with Gasteiger partial charge in [0.05, 0.1) is 11.4 Å². The van der Waals surface area contributed by atoms with Gasteiger partial charge in [-0.05, 0) is 405 Å². The molecule has 0 aromatic carbocycles. The normalized spacial score (nSPS) is 36.5. The maximum atomic E-state index is 13.6. The van der Waals surface area contributed by atoms with E-state index in [2.05, 4.69) is 357 Å². The van der Waals surface area contributed by atoms with Crippen molar-refractivity contribution < 1.29 is 17.6 Å². The van der Waals surface area contributed by atoms with Crippen molar-refractivity contribution in [3.8, 4) is 0 Å². The molecule has 6 saturated carbocycles. The maximum Gasteiger partial charge on any atom is 0.285 e. The summed E-state index contributed by atoms with van der Waals surface area (Å²) in [6, 6.07) is 0. The SMILES string of the molecule is C=C1C=C2CCC(C(C)C)C(C(C)C)[C@@]2(C)CC1.C=C1CC[C@@]2(C)C(=CCC(C(C)C)C2C(C)C)C1.C=C1CC[C@@]2(C)C(=CCC(C(C)C)C2C(C)C)C1.CC(C)C1C=CC2=CC(=N)C=C[C@]2(C)C1C(C)C.CC(C)C1C=CC2=CC(F)(F)C=C[C@]2(C)C1C(C)C.CC(C)C1CCC2=CC(=N)C=C[C@]2(C)C1C(C)C.CC(C)C1CCC2=CC(=N)CC[C@]2(C)C1C(C)C.CC(C)C1CCC2=CC(F)(F)C=C[C@]2(C)C1C(C)C. The first-order valence-electron chi connectivity index (χ1n) is 59.9. The molecule has 0 radical (unpaired) electrons. The molecule has 3 nitrogen and oxygen atoms in total. The highest BCUT2D eigenvalue weighted by molar-refractivity contribution is 6.04. The van der Waals surface area contributed by atoms with E-state index >= 15 is 0 Å². The van der Waals surface area contributed by atoms with Crippen LogP contribution in [-0.4, -0.2) is 29.0 Å². The third-order valence-corrected chi connectivity index (χ3v) is 41.9. The van der Waals surface area contributed by atoms with Crippen molar-refractivity contribution in [2.75, 3.05) is 0 Å². The molecule has 0 amide bonds. The Morgan fingerprint density at radius 1 is 0.267 bits per heavy atom. The van der Waals surface area contributed by atoms with E-state index in [1.54, 1.807) is 34.4 Å². The first-order chi connectivity index (χ1) is 67.5. The average Bonchev–Trinajstić information content (AvgIpc) is 0.732.